The molecule has 10 heteroatoms. The van der Waals surface area contributed by atoms with Gasteiger partial charge in [0.05, 0.1) is 46.9 Å². The molecule has 0 aliphatic carbocycles. The van der Waals surface area contributed by atoms with E-state index in [-0.39, 0.29) is 57.7 Å². The number of para-hydroxylation sites is 4. The average Bonchev–Trinajstić information content (AvgIpc) is 3.41. The Kier molecular flexibility index (Phi) is 24.4. The van der Waals surface area contributed by atoms with Crippen LogP contribution in [0.2, 0.25) is 0 Å². The molecular formula is C68H84Co2N6O2-2. The van der Waals surface area contributed by atoms with Gasteiger partial charge in [-0.15, -0.1) is 11.5 Å². The average molecular weight is 1140 g/mol. The summed E-state index contributed by atoms with van der Waals surface area (Å²) >= 11 is 0. The normalized spacial score (nSPS) is 12.5. The van der Waals surface area contributed by atoms with Crippen molar-refractivity contribution in [1.82, 2.24) is 9.97 Å². The van der Waals surface area contributed by atoms with Crippen LogP contribution in [0.3, 0.4) is 0 Å². The maximum Gasteiger partial charge on any atom is 0.0657 e. The van der Waals surface area contributed by atoms with Crippen molar-refractivity contribution in [3.63, 3.8) is 0 Å². The molecule has 0 saturated carbocycles. The van der Waals surface area contributed by atoms with Crippen molar-refractivity contribution in [1.29, 1.82) is 0 Å². The second kappa shape index (κ2) is 29.6. The van der Waals surface area contributed by atoms with Crippen molar-refractivity contribution in [3.8, 4) is 11.5 Å². The smallest absolute Gasteiger partial charge is 0.0657 e. The fourth-order valence-electron chi connectivity index (χ4n) is 9.74. The van der Waals surface area contributed by atoms with E-state index in [4.69, 9.17) is 9.97 Å². The number of aryl methyl sites for hydroxylation is 4. The second-order valence-electron chi connectivity index (χ2n) is 21.9. The summed E-state index contributed by atoms with van der Waals surface area (Å²) in [6.45, 7) is 35.4. The molecule has 0 aliphatic rings. The van der Waals surface area contributed by atoms with Crippen LogP contribution in [-0.2, 0) is 33.6 Å². The van der Waals surface area contributed by atoms with Crippen molar-refractivity contribution in [2.75, 3.05) is 21.3 Å². The number of anilines is 4. The monoisotopic (exact) mass is 1130 g/mol. The van der Waals surface area contributed by atoms with Gasteiger partial charge in [-0.25, -0.2) is 0 Å². The molecule has 2 aromatic heterocycles. The minimum absolute atomic E-state index is 0. The van der Waals surface area contributed by atoms with Gasteiger partial charge in [0.25, 0.3) is 0 Å². The van der Waals surface area contributed by atoms with Crippen molar-refractivity contribution in [3.05, 3.63) is 213 Å². The Morgan fingerprint density at radius 2 is 0.526 bits per heavy atom. The molecule has 2 heterocycles. The van der Waals surface area contributed by atoms with Gasteiger partial charge in [-0.3, -0.25) is 9.97 Å². The maximum atomic E-state index is 10.9. The summed E-state index contributed by atoms with van der Waals surface area (Å²) in [5.74, 6) is 1.01. The van der Waals surface area contributed by atoms with Crippen LogP contribution < -0.4 is 31.5 Å². The van der Waals surface area contributed by atoms with E-state index in [1.54, 1.807) is 0 Å². The van der Waals surface area contributed by atoms with Crippen LogP contribution in [0.25, 0.3) is 10.8 Å². The van der Waals surface area contributed by atoms with Gasteiger partial charge >= 0.3 is 0 Å². The zero-order chi connectivity index (χ0) is 55.4. The molecule has 0 aliphatic heterocycles. The standard InChI is InChI=1S/2C29H39N3.C10H8O2.2Co/c2*1-18(2)24-14-9-12-20(5)28(24)30-22(7)26-16-11-17-27(32-26)23(8)31-29-21(6)13-10-15-25(29)19(3)4;11-9-5-7-3-1-2-4-8(7)6-10(9)12;;/h2*9-19,22-23,30-31H,1-8H3;1-6,11-12H;;/p-2. The molecule has 78 heavy (non-hydrogen) atoms. The van der Waals surface area contributed by atoms with Gasteiger partial charge in [0.2, 0.25) is 0 Å². The maximum absolute atomic E-state index is 10.9. The topological polar surface area (TPSA) is 120 Å². The van der Waals surface area contributed by atoms with Crippen LogP contribution in [0.5, 0.6) is 11.5 Å². The summed E-state index contributed by atoms with van der Waals surface area (Å²) in [6, 6.07) is 49.4. The molecular weight excluding hydrogens is 1050 g/mol. The first-order valence-electron chi connectivity index (χ1n) is 27.4. The third kappa shape index (κ3) is 16.6. The van der Waals surface area contributed by atoms with E-state index < -0.39 is 11.5 Å². The largest absolute Gasteiger partial charge is 0.873 e. The van der Waals surface area contributed by atoms with E-state index in [1.165, 1.54) is 79.4 Å². The predicted molar refractivity (Wildman–Crippen MR) is 321 cm³/mol. The predicted octanol–water partition coefficient (Wildman–Crippen LogP) is 17.6. The Labute approximate surface area is 488 Å². The quantitative estimate of drug-likeness (QED) is 0.0755. The van der Waals surface area contributed by atoms with Gasteiger partial charge in [0, 0.05) is 56.3 Å². The van der Waals surface area contributed by atoms with Crippen molar-refractivity contribution < 1.29 is 43.8 Å². The van der Waals surface area contributed by atoms with Gasteiger partial charge < -0.3 is 31.5 Å². The molecule has 6 aromatic carbocycles. The fourth-order valence-corrected chi connectivity index (χ4v) is 9.74. The number of fused-ring (bicyclic) bond motifs is 1. The van der Waals surface area contributed by atoms with Crippen molar-refractivity contribution in [2.45, 2.75) is 159 Å². The van der Waals surface area contributed by atoms with E-state index in [0.29, 0.717) is 23.7 Å². The summed E-state index contributed by atoms with van der Waals surface area (Å²) in [5, 5.41) is 38.5. The SMILES string of the molecule is Cc1cccc(C(C)C)c1NC(C)c1cccc(C(C)Nc2c(C)cccc2C(C)C)n1.Cc1cccc(C(C)C)c1NC(C)c1cccc(C(C)Nc2c(C)cccc2C(C)C)n1.[Co].[Co].[O-]c1cc2ccccc2cc1[O-]. The first kappa shape index (κ1) is 64.2. The number of rotatable bonds is 16. The molecule has 4 N–H and O–H groups in total. The van der Waals surface area contributed by atoms with Crippen LogP contribution in [0, 0.1) is 27.7 Å². The third-order valence-electron chi connectivity index (χ3n) is 14.3. The Morgan fingerprint density at radius 1 is 0.308 bits per heavy atom. The summed E-state index contributed by atoms with van der Waals surface area (Å²) in [4.78, 5) is 10.1. The third-order valence-corrected chi connectivity index (χ3v) is 14.3. The molecule has 8 nitrogen and oxygen atoms in total. The van der Waals surface area contributed by atoms with E-state index in [2.05, 4.69) is 241 Å². The minimum atomic E-state index is -0.436. The molecule has 418 valence electrons. The van der Waals surface area contributed by atoms with E-state index >= 15 is 0 Å². The summed E-state index contributed by atoms with van der Waals surface area (Å²) in [6.07, 6.45) is 0. The summed E-state index contributed by atoms with van der Waals surface area (Å²) in [5.41, 5.74) is 19.7. The zero-order valence-corrected chi connectivity index (χ0v) is 50.9. The van der Waals surface area contributed by atoms with E-state index in [9.17, 15) is 10.2 Å². The van der Waals surface area contributed by atoms with Crippen LogP contribution in [0.4, 0.5) is 22.7 Å². The molecule has 0 spiro atoms. The Hall–Kier alpha value is -6.31. The molecule has 4 atom stereocenters. The number of nitrogens with one attached hydrogen (secondary N) is 4. The van der Waals surface area contributed by atoms with Gasteiger partial charge in [0.1, 0.15) is 0 Å². The van der Waals surface area contributed by atoms with Crippen LogP contribution >= 0.6 is 0 Å². The van der Waals surface area contributed by atoms with Crippen LogP contribution in [0.15, 0.2) is 146 Å². The fraction of sp³-hybridized carbons (Fsp3) is 0.353. The molecule has 8 rings (SSSR count). The Bertz CT molecular complexity index is 2820. The molecule has 0 amide bonds. The Morgan fingerprint density at radius 3 is 0.744 bits per heavy atom. The van der Waals surface area contributed by atoms with Crippen LogP contribution in [-0.4, -0.2) is 9.97 Å². The van der Waals surface area contributed by atoms with E-state index in [0.717, 1.165) is 33.5 Å². The number of aromatic nitrogens is 2. The van der Waals surface area contributed by atoms with E-state index in [1.807, 2.05) is 24.3 Å². The molecule has 8 aromatic rings. The van der Waals surface area contributed by atoms with Crippen LogP contribution in [0.1, 0.15) is 198 Å². The Balaban J connectivity index is 0.000000271. The molecule has 0 fully saturated rings. The number of benzene rings is 6. The summed E-state index contributed by atoms with van der Waals surface area (Å²) < 4.78 is 0. The number of hydrogen-bond acceptors (Lipinski definition) is 8. The molecule has 2 radical (unpaired) electrons. The molecule has 0 saturated heterocycles. The second-order valence-corrected chi connectivity index (χ2v) is 21.9. The van der Waals surface area contributed by atoms with Gasteiger partial charge in [-0.2, -0.15) is 0 Å². The number of hydrogen-bond donors (Lipinski definition) is 4. The first-order valence-corrected chi connectivity index (χ1v) is 27.4. The first-order chi connectivity index (χ1) is 36.1. The number of pyridine rings is 2. The van der Waals surface area contributed by atoms with Gasteiger partial charge in [-0.05, 0) is 159 Å². The molecule has 4 unspecified atom stereocenters. The summed E-state index contributed by atoms with van der Waals surface area (Å²) in [7, 11) is 0. The van der Waals surface area contributed by atoms with Crippen molar-refractivity contribution in [2.24, 2.45) is 0 Å². The minimum Gasteiger partial charge on any atom is -0.873 e. The molecule has 0 bridgehead atoms. The van der Waals surface area contributed by atoms with Gasteiger partial charge in [-0.1, -0.05) is 177 Å². The zero-order valence-electron chi connectivity index (χ0n) is 48.9. The van der Waals surface area contributed by atoms with Crippen molar-refractivity contribution >= 4 is 33.5 Å². The number of nitrogens with zero attached hydrogens (tertiary/aromatic N) is 2. The van der Waals surface area contributed by atoms with Gasteiger partial charge in [0.15, 0.2) is 0 Å².